The van der Waals surface area contributed by atoms with E-state index in [4.69, 9.17) is 0 Å². The van der Waals surface area contributed by atoms with Crippen molar-refractivity contribution < 1.29 is 27.2 Å². The topological polar surface area (TPSA) is 61.4 Å². The number of alkyl halides is 3. The van der Waals surface area contributed by atoms with Gasteiger partial charge in [-0.15, -0.1) is 0 Å². The minimum Gasteiger partial charge on any atom is -0.352 e. The number of amides is 3. The number of nitrogens with one attached hydrogen (secondary N) is 2. The molecule has 0 unspecified atom stereocenters. The van der Waals surface area contributed by atoms with Gasteiger partial charge in [-0.05, 0) is 60.4 Å². The van der Waals surface area contributed by atoms with E-state index in [0.29, 0.717) is 29.8 Å². The van der Waals surface area contributed by atoms with Crippen molar-refractivity contribution in [3.63, 3.8) is 0 Å². The molecule has 0 radical (unpaired) electrons. The van der Waals surface area contributed by atoms with Crippen LogP contribution < -0.4 is 10.6 Å². The molecule has 5 nitrogen and oxygen atoms in total. The van der Waals surface area contributed by atoms with Gasteiger partial charge in [0.1, 0.15) is 5.82 Å². The van der Waals surface area contributed by atoms with Crippen LogP contribution in [-0.2, 0) is 17.5 Å². The second-order valence-corrected chi connectivity index (χ2v) is 9.26. The first-order valence-electron chi connectivity index (χ1n) is 11.9. The first-order chi connectivity index (χ1) is 17.6. The molecule has 0 saturated carbocycles. The van der Waals surface area contributed by atoms with E-state index in [2.05, 4.69) is 10.6 Å². The summed E-state index contributed by atoms with van der Waals surface area (Å²) in [7, 11) is 0. The number of anilines is 1. The number of urea groups is 1. The molecule has 0 aliphatic carbocycles. The monoisotopic (exact) mass is 513 g/mol. The molecule has 3 aromatic rings. The maximum absolute atomic E-state index is 13.9. The highest BCUT2D eigenvalue weighted by Crippen LogP contribution is 2.32. The summed E-state index contributed by atoms with van der Waals surface area (Å²) in [6.07, 6.45) is -4.06. The molecule has 0 aromatic heterocycles. The highest BCUT2D eigenvalue weighted by Gasteiger charge is 2.35. The van der Waals surface area contributed by atoms with Gasteiger partial charge < -0.3 is 15.5 Å². The molecular formula is C28H27F4N3O2. The minimum atomic E-state index is -4.48. The van der Waals surface area contributed by atoms with E-state index in [-0.39, 0.29) is 36.8 Å². The van der Waals surface area contributed by atoms with Gasteiger partial charge in [-0.1, -0.05) is 42.5 Å². The molecule has 1 aliphatic rings. The van der Waals surface area contributed by atoms with Gasteiger partial charge in [0.25, 0.3) is 0 Å². The number of aryl methyl sites for hydroxylation is 1. The van der Waals surface area contributed by atoms with E-state index < -0.39 is 17.7 Å². The van der Waals surface area contributed by atoms with Crippen LogP contribution in [0.25, 0.3) is 0 Å². The largest absolute Gasteiger partial charge is 0.416 e. The van der Waals surface area contributed by atoms with Gasteiger partial charge in [-0.2, -0.15) is 13.2 Å². The zero-order valence-electron chi connectivity index (χ0n) is 20.2. The van der Waals surface area contributed by atoms with Crippen LogP contribution in [0.1, 0.15) is 34.6 Å². The summed E-state index contributed by atoms with van der Waals surface area (Å²) in [5, 5.41) is 5.55. The molecule has 1 fully saturated rings. The Morgan fingerprint density at radius 2 is 1.73 bits per heavy atom. The van der Waals surface area contributed by atoms with Crippen molar-refractivity contribution in [3.05, 3.63) is 101 Å². The van der Waals surface area contributed by atoms with Crippen LogP contribution in [0.4, 0.5) is 28.0 Å². The van der Waals surface area contributed by atoms with Crippen molar-refractivity contribution in [2.75, 3.05) is 18.4 Å². The Morgan fingerprint density at radius 1 is 0.973 bits per heavy atom. The number of hydrogen-bond acceptors (Lipinski definition) is 2. The number of halogens is 4. The quantitative estimate of drug-likeness (QED) is 0.405. The lowest BCUT2D eigenvalue weighted by Crippen LogP contribution is -2.49. The average Bonchev–Trinajstić information content (AvgIpc) is 2.89. The first-order valence-corrected chi connectivity index (χ1v) is 11.9. The Labute approximate surface area is 212 Å². The molecule has 2 N–H and O–H groups in total. The summed E-state index contributed by atoms with van der Waals surface area (Å²) in [4.78, 5) is 27.7. The standard InChI is InChI=1S/C28H27F4N3O2/c1-18-12-20(10-11-25(18)29)21-14-22(17-35(16-21)27(37)34-24-8-3-2-4-9-24)26(36)33-15-19-6-5-7-23(13-19)28(30,31)32/h2-13,21-22H,14-17H2,1H3,(H,33,36)(H,34,37)/t21-,22-/m1/s1. The predicted molar refractivity (Wildman–Crippen MR) is 132 cm³/mol. The maximum atomic E-state index is 13.9. The summed E-state index contributed by atoms with van der Waals surface area (Å²) >= 11 is 0. The normalized spacial score (nSPS) is 17.8. The van der Waals surface area contributed by atoms with Crippen molar-refractivity contribution in [1.82, 2.24) is 10.2 Å². The average molecular weight is 514 g/mol. The number of likely N-dealkylation sites (tertiary alicyclic amines) is 1. The van der Waals surface area contributed by atoms with Crippen molar-refractivity contribution in [3.8, 4) is 0 Å². The van der Waals surface area contributed by atoms with Gasteiger partial charge in [0.2, 0.25) is 5.91 Å². The molecule has 37 heavy (non-hydrogen) atoms. The fraction of sp³-hybridized carbons (Fsp3) is 0.286. The maximum Gasteiger partial charge on any atom is 0.416 e. The number of hydrogen-bond donors (Lipinski definition) is 2. The molecule has 0 bridgehead atoms. The zero-order chi connectivity index (χ0) is 26.6. The second kappa shape index (κ2) is 11.0. The van der Waals surface area contributed by atoms with Crippen molar-refractivity contribution in [2.45, 2.75) is 32.0 Å². The Kier molecular flexibility index (Phi) is 7.80. The predicted octanol–water partition coefficient (Wildman–Crippen LogP) is 6.11. The van der Waals surface area contributed by atoms with Crippen LogP contribution in [-0.4, -0.2) is 29.9 Å². The molecule has 1 aliphatic heterocycles. The first kappa shape index (κ1) is 26.2. The van der Waals surface area contributed by atoms with E-state index in [9.17, 15) is 27.2 Å². The summed E-state index contributed by atoms with van der Waals surface area (Å²) < 4.78 is 53.0. The number of rotatable bonds is 5. The highest BCUT2D eigenvalue weighted by atomic mass is 19.4. The van der Waals surface area contributed by atoms with Crippen LogP contribution >= 0.6 is 0 Å². The molecular weight excluding hydrogens is 486 g/mol. The van der Waals surface area contributed by atoms with Crippen molar-refractivity contribution in [1.29, 1.82) is 0 Å². The smallest absolute Gasteiger partial charge is 0.352 e. The number of nitrogens with zero attached hydrogens (tertiary/aromatic N) is 1. The molecule has 1 heterocycles. The van der Waals surface area contributed by atoms with Crippen LogP contribution in [0.15, 0.2) is 72.8 Å². The number of benzene rings is 3. The van der Waals surface area contributed by atoms with Crippen molar-refractivity contribution >= 4 is 17.6 Å². The van der Waals surface area contributed by atoms with E-state index in [0.717, 1.165) is 17.7 Å². The van der Waals surface area contributed by atoms with Crippen LogP contribution in [0.3, 0.4) is 0 Å². The molecule has 4 rings (SSSR count). The third-order valence-corrected chi connectivity index (χ3v) is 6.51. The molecule has 0 spiro atoms. The number of carbonyl (C=O) groups is 2. The van der Waals surface area contributed by atoms with E-state index in [1.165, 1.54) is 18.2 Å². The summed E-state index contributed by atoms with van der Waals surface area (Å²) in [5.74, 6) is -1.53. The van der Waals surface area contributed by atoms with E-state index in [1.807, 2.05) is 6.07 Å². The number of piperidine rings is 1. The summed E-state index contributed by atoms with van der Waals surface area (Å²) in [6, 6.07) is 18.1. The lowest BCUT2D eigenvalue weighted by molar-refractivity contribution is -0.137. The van der Waals surface area contributed by atoms with Crippen molar-refractivity contribution in [2.24, 2.45) is 5.92 Å². The fourth-order valence-electron chi connectivity index (χ4n) is 4.53. The second-order valence-electron chi connectivity index (χ2n) is 9.26. The third kappa shape index (κ3) is 6.67. The molecule has 194 valence electrons. The lowest BCUT2D eigenvalue weighted by atomic mass is 9.83. The molecule has 3 aromatic carbocycles. The Morgan fingerprint density at radius 3 is 2.43 bits per heavy atom. The van der Waals surface area contributed by atoms with Crippen LogP contribution in [0, 0.1) is 18.7 Å². The van der Waals surface area contributed by atoms with Gasteiger partial charge in [0, 0.05) is 31.2 Å². The Bertz CT molecular complexity index is 1260. The van der Waals surface area contributed by atoms with Gasteiger partial charge in [0.15, 0.2) is 0 Å². The summed E-state index contributed by atoms with van der Waals surface area (Å²) in [6.45, 7) is 2.06. The van der Waals surface area contributed by atoms with E-state index >= 15 is 0 Å². The third-order valence-electron chi connectivity index (χ3n) is 6.51. The van der Waals surface area contributed by atoms with Gasteiger partial charge in [-0.3, -0.25) is 4.79 Å². The summed E-state index contributed by atoms with van der Waals surface area (Å²) in [5.41, 5.74) is 1.43. The van der Waals surface area contributed by atoms with Crippen LogP contribution in [0.5, 0.6) is 0 Å². The molecule has 1 saturated heterocycles. The van der Waals surface area contributed by atoms with Gasteiger partial charge in [0.05, 0.1) is 11.5 Å². The molecule has 2 atom stereocenters. The fourth-order valence-corrected chi connectivity index (χ4v) is 4.53. The SMILES string of the molecule is Cc1cc([C@@H]2C[C@@H](C(=O)NCc3cccc(C(F)(F)F)c3)CN(C(=O)Nc3ccccc3)C2)ccc1F. The Hall–Kier alpha value is -3.88. The number of carbonyl (C=O) groups excluding carboxylic acids is 2. The number of para-hydroxylation sites is 1. The zero-order valence-corrected chi connectivity index (χ0v) is 20.2. The Balaban J connectivity index is 1.50. The minimum absolute atomic E-state index is 0.0736. The lowest BCUT2D eigenvalue weighted by Gasteiger charge is -2.37. The highest BCUT2D eigenvalue weighted by molar-refractivity contribution is 5.90. The van der Waals surface area contributed by atoms with Crippen LogP contribution in [0.2, 0.25) is 0 Å². The van der Waals surface area contributed by atoms with E-state index in [1.54, 1.807) is 48.2 Å². The molecule has 3 amide bonds. The van der Waals surface area contributed by atoms with Gasteiger partial charge >= 0.3 is 12.2 Å². The molecule has 9 heteroatoms. The van der Waals surface area contributed by atoms with Gasteiger partial charge in [-0.25, -0.2) is 9.18 Å².